The highest BCUT2D eigenvalue weighted by molar-refractivity contribution is 6.31. The van der Waals surface area contributed by atoms with Gasteiger partial charge in [0.25, 0.3) is 0 Å². The fraction of sp³-hybridized carbons (Fsp3) is 0.273. The number of ether oxygens (including phenoxy) is 1. The summed E-state index contributed by atoms with van der Waals surface area (Å²) < 4.78 is 18.4. The quantitative estimate of drug-likeness (QED) is 0.674. The second-order valence-electron chi connectivity index (χ2n) is 6.60. The van der Waals surface area contributed by atoms with E-state index in [-0.39, 0.29) is 31.3 Å². The van der Waals surface area contributed by atoms with Gasteiger partial charge >= 0.3 is 5.97 Å². The van der Waals surface area contributed by atoms with Crippen LogP contribution in [0.3, 0.4) is 0 Å². The highest BCUT2D eigenvalue weighted by Crippen LogP contribution is 2.40. The van der Waals surface area contributed by atoms with E-state index in [1.54, 1.807) is 43.0 Å². The first-order valence-corrected chi connectivity index (χ1v) is 9.47. The van der Waals surface area contributed by atoms with Crippen molar-refractivity contribution in [2.75, 3.05) is 6.61 Å². The van der Waals surface area contributed by atoms with E-state index in [0.29, 0.717) is 16.3 Å². The number of amides is 1. The smallest absolute Gasteiger partial charge is 0.336 e. The number of allylic oxidation sites excluding steroid dienone is 1. The number of hydrogen-bond acceptors (Lipinski definition) is 3. The summed E-state index contributed by atoms with van der Waals surface area (Å²) in [5.74, 6) is -1.39. The summed E-state index contributed by atoms with van der Waals surface area (Å²) in [5, 5.41) is 0.502. The van der Waals surface area contributed by atoms with Crippen LogP contribution in [0, 0.1) is 5.82 Å². The summed E-state index contributed by atoms with van der Waals surface area (Å²) in [6.45, 7) is 3.96. The highest BCUT2D eigenvalue weighted by Gasteiger charge is 2.37. The zero-order valence-electron chi connectivity index (χ0n) is 15.7. The van der Waals surface area contributed by atoms with E-state index in [1.165, 1.54) is 12.1 Å². The molecular weight excluding hydrogens is 381 g/mol. The molecule has 0 fully saturated rings. The van der Waals surface area contributed by atoms with Crippen molar-refractivity contribution < 1.29 is 18.7 Å². The molecule has 1 amide bonds. The maximum atomic E-state index is 13.2. The standard InChI is InChI=1S/C22H21ClFNO3/c1-3-28-22(27)21-14(2)25(13-15-8-10-16(24)11-9-15)20(26)12-18(21)17-6-4-5-7-19(17)23/h4-11,18H,3,12-13H2,1-2H3/t18-/m1/s1. The lowest BCUT2D eigenvalue weighted by molar-refractivity contribution is -0.140. The first-order chi connectivity index (χ1) is 13.4. The maximum absolute atomic E-state index is 13.2. The lowest BCUT2D eigenvalue weighted by Gasteiger charge is -2.34. The van der Waals surface area contributed by atoms with E-state index >= 15 is 0 Å². The Morgan fingerprint density at radius 1 is 1.21 bits per heavy atom. The predicted octanol–water partition coefficient (Wildman–Crippen LogP) is 4.83. The average Bonchev–Trinajstić information content (AvgIpc) is 2.66. The van der Waals surface area contributed by atoms with Gasteiger partial charge in [0.15, 0.2) is 0 Å². The van der Waals surface area contributed by atoms with Gasteiger partial charge in [0.2, 0.25) is 5.91 Å². The zero-order chi connectivity index (χ0) is 20.3. The summed E-state index contributed by atoms with van der Waals surface area (Å²) in [7, 11) is 0. The van der Waals surface area contributed by atoms with Gasteiger partial charge in [-0.2, -0.15) is 0 Å². The molecule has 3 rings (SSSR count). The fourth-order valence-electron chi connectivity index (χ4n) is 3.47. The van der Waals surface area contributed by atoms with Crippen LogP contribution in [0.25, 0.3) is 0 Å². The van der Waals surface area contributed by atoms with Crippen LogP contribution in [0.4, 0.5) is 4.39 Å². The van der Waals surface area contributed by atoms with Gasteiger partial charge in [0, 0.05) is 23.1 Å². The number of hydrogen-bond donors (Lipinski definition) is 0. The third-order valence-electron chi connectivity index (χ3n) is 4.85. The van der Waals surface area contributed by atoms with Gasteiger partial charge in [0.1, 0.15) is 5.82 Å². The van der Waals surface area contributed by atoms with Crippen LogP contribution in [0.15, 0.2) is 59.8 Å². The molecule has 6 heteroatoms. The minimum atomic E-state index is -0.468. The van der Waals surface area contributed by atoms with Crippen LogP contribution in [-0.2, 0) is 20.9 Å². The average molecular weight is 402 g/mol. The first kappa shape index (κ1) is 20.1. The van der Waals surface area contributed by atoms with E-state index < -0.39 is 11.9 Å². The fourth-order valence-corrected chi connectivity index (χ4v) is 3.74. The molecule has 0 unspecified atom stereocenters. The van der Waals surface area contributed by atoms with Crippen molar-refractivity contribution >= 4 is 23.5 Å². The van der Waals surface area contributed by atoms with E-state index in [1.807, 2.05) is 12.1 Å². The van der Waals surface area contributed by atoms with Crippen molar-refractivity contribution in [2.24, 2.45) is 0 Å². The van der Waals surface area contributed by atoms with Gasteiger partial charge in [-0.3, -0.25) is 4.79 Å². The Morgan fingerprint density at radius 2 is 1.89 bits per heavy atom. The van der Waals surface area contributed by atoms with Crippen molar-refractivity contribution in [1.82, 2.24) is 4.90 Å². The van der Waals surface area contributed by atoms with Crippen molar-refractivity contribution in [3.63, 3.8) is 0 Å². The van der Waals surface area contributed by atoms with Crippen LogP contribution in [0.1, 0.15) is 37.3 Å². The summed E-state index contributed by atoms with van der Waals surface area (Å²) in [6, 6.07) is 13.1. The Kier molecular flexibility index (Phi) is 6.15. The number of nitrogens with zero attached hydrogens (tertiary/aromatic N) is 1. The van der Waals surface area contributed by atoms with Gasteiger partial charge in [-0.25, -0.2) is 9.18 Å². The normalized spacial score (nSPS) is 17.1. The van der Waals surface area contributed by atoms with E-state index in [9.17, 15) is 14.0 Å². The Bertz CT molecular complexity index is 924. The Labute approximate surface area is 168 Å². The van der Waals surface area contributed by atoms with Gasteiger partial charge in [-0.1, -0.05) is 41.9 Å². The molecule has 1 heterocycles. The molecule has 1 aliphatic rings. The molecule has 0 bridgehead atoms. The number of halogens is 2. The number of esters is 1. The molecule has 0 radical (unpaired) electrons. The van der Waals surface area contributed by atoms with Crippen LogP contribution in [-0.4, -0.2) is 23.4 Å². The molecule has 0 aromatic heterocycles. The second-order valence-corrected chi connectivity index (χ2v) is 7.01. The molecule has 0 N–H and O–H groups in total. The van der Waals surface area contributed by atoms with Crippen LogP contribution in [0.2, 0.25) is 5.02 Å². The number of rotatable bonds is 5. The van der Waals surface area contributed by atoms with Gasteiger partial charge in [-0.05, 0) is 43.2 Å². The summed E-state index contributed by atoms with van der Waals surface area (Å²) in [5.41, 5.74) is 2.45. The van der Waals surface area contributed by atoms with Crippen molar-refractivity contribution in [3.05, 3.63) is 81.8 Å². The van der Waals surface area contributed by atoms with Gasteiger partial charge in [-0.15, -0.1) is 0 Å². The van der Waals surface area contributed by atoms with Gasteiger partial charge in [0.05, 0.1) is 18.7 Å². The SMILES string of the molecule is CCOC(=O)C1=C(C)N(Cc2ccc(F)cc2)C(=O)C[C@@H]1c1ccccc1Cl. The number of carbonyl (C=O) groups excluding carboxylic acids is 2. The highest BCUT2D eigenvalue weighted by atomic mass is 35.5. The summed E-state index contributed by atoms with van der Waals surface area (Å²) >= 11 is 6.35. The molecule has 2 aromatic rings. The van der Waals surface area contributed by atoms with Gasteiger partial charge < -0.3 is 9.64 Å². The first-order valence-electron chi connectivity index (χ1n) is 9.09. The third kappa shape index (κ3) is 4.09. The van der Waals surface area contributed by atoms with E-state index in [2.05, 4.69) is 0 Å². The topological polar surface area (TPSA) is 46.6 Å². The Balaban J connectivity index is 2.04. The predicted molar refractivity (Wildman–Crippen MR) is 105 cm³/mol. The third-order valence-corrected chi connectivity index (χ3v) is 5.20. The summed E-state index contributed by atoms with van der Waals surface area (Å²) in [6.07, 6.45) is 0.108. The second kappa shape index (κ2) is 8.57. The molecule has 2 aromatic carbocycles. The Morgan fingerprint density at radius 3 is 2.54 bits per heavy atom. The minimum absolute atomic E-state index is 0.108. The van der Waals surface area contributed by atoms with Crippen LogP contribution in [0.5, 0.6) is 0 Å². The molecule has 0 spiro atoms. The lowest BCUT2D eigenvalue weighted by atomic mass is 9.83. The lowest BCUT2D eigenvalue weighted by Crippen LogP contribution is -2.38. The number of benzene rings is 2. The zero-order valence-corrected chi connectivity index (χ0v) is 16.5. The van der Waals surface area contributed by atoms with E-state index in [0.717, 1.165) is 11.1 Å². The summed E-state index contributed by atoms with van der Waals surface area (Å²) in [4.78, 5) is 27.2. The molecular formula is C22H21ClFNO3. The van der Waals surface area contributed by atoms with Crippen molar-refractivity contribution in [3.8, 4) is 0 Å². The molecule has 0 saturated carbocycles. The maximum Gasteiger partial charge on any atom is 0.336 e. The monoisotopic (exact) mass is 401 g/mol. The molecule has 1 atom stereocenters. The molecule has 0 aliphatic carbocycles. The van der Waals surface area contributed by atoms with Crippen molar-refractivity contribution in [2.45, 2.75) is 32.7 Å². The minimum Gasteiger partial charge on any atom is -0.463 e. The number of carbonyl (C=O) groups is 2. The molecule has 28 heavy (non-hydrogen) atoms. The van der Waals surface area contributed by atoms with Crippen molar-refractivity contribution in [1.29, 1.82) is 0 Å². The van der Waals surface area contributed by atoms with E-state index in [4.69, 9.17) is 16.3 Å². The molecule has 4 nitrogen and oxygen atoms in total. The molecule has 146 valence electrons. The largest absolute Gasteiger partial charge is 0.463 e. The van der Waals surface area contributed by atoms with Crippen LogP contribution < -0.4 is 0 Å². The molecule has 1 aliphatic heterocycles. The molecule has 0 saturated heterocycles. The Hall–Kier alpha value is -2.66. The van der Waals surface area contributed by atoms with Crippen LogP contribution >= 0.6 is 11.6 Å².